The number of likely N-dealkylation sites (tertiary alicyclic amines) is 1. The van der Waals surface area contributed by atoms with E-state index in [0.29, 0.717) is 12.0 Å². The molecule has 0 amide bonds. The summed E-state index contributed by atoms with van der Waals surface area (Å²) >= 11 is 0. The molecule has 0 aromatic heterocycles. The Labute approximate surface area is 104 Å². The molecular weight excluding hydrogens is 214 g/mol. The Morgan fingerprint density at radius 3 is 2.18 bits per heavy atom. The molecule has 1 spiro atoms. The SMILES string of the molecule is CC(C)(CN1CC2(CCCCCC2)C1)C(=O)O. The molecule has 1 aliphatic carbocycles. The normalized spacial score (nSPS) is 25.3. The zero-order chi connectivity index (χ0) is 12.5. The van der Waals surface area contributed by atoms with Gasteiger partial charge in [-0.05, 0) is 32.1 Å². The lowest BCUT2D eigenvalue weighted by molar-refractivity contribution is -0.150. The molecule has 0 radical (unpaired) electrons. The lowest BCUT2D eigenvalue weighted by Gasteiger charge is -2.52. The standard InChI is InChI=1S/C14H25NO2/c1-13(2,12(16)17)9-15-10-14(11-15)7-5-3-4-6-8-14/h3-11H2,1-2H3,(H,16,17). The van der Waals surface area contributed by atoms with Gasteiger partial charge < -0.3 is 10.0 Å². The maximum atomic E-state index is 11.1. The van der Waals surface area contributed by atoms with E-state index in [4.69, 9.17) is 5.11 Å². The summed E-state index contributed by atoms with van der Waals surface area (Å²) in [7, 11) is 0. The molecule has 0 unspecified atom stereocenters. The van der Waals surface area contributed by atoms with Gasteiger partial charge in [0.25, 0.3) is 0 Å². The highest BCUT2D eigenvalue weighted by Crippen LogP contribution is 2.43. The third kappa shape index (κ3) is 2.82. The lowest BCUT2D eigenvalue weighted by atomic mass is 9.72. The van der Waals surface area contributed by atoms with Crippen molar-refractivity contribution in [1.82, 2.24) is 4.90 Å². The van der Waals surface area contributed by atoms with Crippen LogP contribution < -0.4 is 0 Å². The van der Waals surface area contributed by atoms with E-state index >= 15 is 0 Å². The van der Waals surface area contributed by atoms with E-state index in [2.05, 4.69) is 4.90 Å². The summed E-state index contributed by atoms with van der Waals surface area (Å²) in [6.45, 7) is 6.61. The van der Waals surface area contributed by atoms with E-state index in [0.717, 1.165) is 13.1 Å². The summed E-state index contributed by atoms with van der Waals surface area (Å²) in [5.41, 5.74) is -0.0581. The molecule has 1 aliphatic heterocycles. The van der Waals surface area contributed by atoms with Crippen molar-refractivity contribution in [1.29, 1.82) is 0 Å². The first kappa shape index (κ1) is 12.9. The van der Waals surface area contributed by atoms with Crippen LogP contribution in [0.1, 0.15) is 52.4 Å². The molecule has 1 N–H and O–H groups in total. The third-order valence-electron chi connectivity index (χ3n) is 4.48. The van der Waals surface area contributed by atoms with E-state index in [1.165, 1.54) is 38.5 Å². The van der Waals surface area contributed by atoms with Gasteiger partial charge in [-0.1, -0.05) is 25.7 Å². The molecule has 3 heteroatoms. The zero-order valence-corrected chi connectivity index (χ0v) is 11.2. The van der Waals surface area contributed by atoms with Crippen LogP contribution >= 0.6 is 0 Å². The van der Waals surface area contributed by atoms with E-state index < -0.39 is 11.4 Å². The predicted molar refractivity (Wildman–Crippen MR) is 68.0 cm³/mol. The van der Waals surface area contributed by atoms with Crippen molar-refractivity contribution in [2.24, 2.45) is 10.8 Å². The molecule has 1 heterocycles. The second-order valence-corrected chi connectivity index (χ2v) is 6.75. The van der Waals surface area contributed by atoms with Gasteiger partial charge in [-0.3, -0.25) is 4.79 Å². The van der Waals surface area contributed by atoms with Crippen LogP contribution in [0, 0.1) is 10.8 Å². The Balaban J connectivity index is 1.83. The van der Waals surface area contributed by atoms with E-state index in [1.54, 1.807) is 0 Å². The van der Waals surface area contributed by atoms with Crippen molar-refractivity contribution in [2.75, 3.05) is 19.6 Å². The van der Waals surface area contributed by atoms with Crippen molar-refractivity contribution in [3.8, 4) is 0 Å². The molecule has 2 fully saturated rings. The molecule has 0 atom stereocenters. The Morgan fingerprint density at radius 2 is 1.71 bits per heavy atom. The average molecular weight is 239 g/mol. The van der Waals surface area contributed by atoms with Gasteiger partial charge in [0.05, 0.1) is 5.41 Å². The molecule has 2 aliphatic rings. The van der Waals surface area contributed by atoms with Crippen LogP contribution in [-0.2, 0) is 4.79 Å². The Kier molecular flexibility index (Phi) is 3.48. The zero-order valence-electron chi connectivity index (χ0n) is 11.2. The number of hydrogen-bond donors (Lipinski definition) is 1. The van der Waals surface area contributed by atoms with Crippen LogP contribution in [-0.4, -0.2) is 35.6 Å². The van der Waals surface area contributed by atoms with E-state index in [9.17, 15) is 4.79 Å². The third-order valence-corrected chi connectivity index (χ3v) is 4.48. The van der Waals surface area contributed by atoms with Crippen molar-refractivity contribution >= 4 is 5.97 Å². The molecule has 0 aromatic rings. The maximum absolute atomic E-state index is 11.1. The van der Waals surface area contributed by atoms with Gasteiger partial charge in [-0.25, -0.2) is 0 Å². The fourth-order valence-electron chi connectivity index (χ4n) is 3.44. The van der Waals surface area contributed by atoms with Crippen molar-refractivity contribution in [3.05, 3.63) is 0 Å². The van der Waals surface area contributed by atoms with Gasteiger partial charge in [-0.2, -0.15) is 0 Å². The van der Waals surface area contributed by atoms with Gasteiger partial charge in [0.15, 0.2) is 0 Å². The first-order valence-electron chi connectivity index (χ1n) is 6.89. The summed E-state index contributed by atoms with van der Waals surface area (Å²) in [5, 5.41) is 9.13. The number of rotatable bonds is 3. The molecule has 98 valence electrons. The number of nitrogens with zero attached hydrogens (tertiary/aromatic N) is 1. The summed E-state index contributed by atoms with van der Waals surface area (Å²) < 4.78 is 0. The van der Waals surface area contributed by atoms with Crippen molar-refractivity contribution in [3.63, 3.8) is 0 Å². The largest absolute Gasteiger partial charge is 0.481 e. The first-order chi connectivity index (χ1) is 7.94. The summed E-state index contributed by atoms with van der Waals surface area (Å²) in [6.07, 6.45) is 8.24. The average Bonchev–Trinajstić information content (AvgIpc) is 2.42. The van der Waals surface area contributed by atoms with Gasteiger partial charge in [-0.15, -0.1) is 0 Å². The number of carboxylic acid groups (broad SMARTS) is 1. The Bertz CT molecular complexity index is 283. The summed E-state index contributed by atoms with van der Waals surface area (Å²) in [4.78, 5) is 13.4. The number of aliphatic carboxylic acids is 1. The number of carboxylic acids is 1. The van der Waals surface area contributed by atoms with E-state index in [-0.39, 0.29) is 0 Å². The van der Waals surface area contributed by atoms with Crippen LogP contribution in [0.3, 0.4) is 0 Å². The quantitative estimate of drug-likeness (QED) is 0.823. The fraction of sp³-hybridized carbons (Fsp3) is 0.929. The molecule has 0 bridgehead atoms. The monoisotopic (exact) mass is 239 g/mol. The van der Waals surface area contributed by atoms with Gasteiger partial charge >= 0.3 is 5.97 Å². The van der Waals surface area contributed by atoms with Crippen LogP contribution in [0.25, 0.3) is 0 Å². The number of carbonyl (C=O) groups is 1. The topological polar surface area (TPSA) is 40.5 Å². The Morgan fingerprint density at radius 1 is 1.18 bits per heavy atom. The molecule has 2 rings (SSSR count). The molecule has 3 nitrogen and oxygen atoms in total. The van der Waals surface area contributed by atoms with Gasteiger partial charge in [0.2, 0.25) is 0 Å². The minimum absolute atomic E-state index is 0.547. The van der Waals surface area contributed by atoms with Crippen LogP contribution in [0.5, 0.6) is 0 Å². The minimum Gasteiger partial charge on any atom is -0.481 e. The summed E-state index contributed by atoms with van der Waals surface area (Å²) in [5.74, 6) is -0.681. The highest BCUT2D eigenvalue weighted by atomic mass is 16.4. The molecular formula is C14H25NO2. The second kappa shape index (κ2) is 4.60. The second-order valence-electron chi connectivity index (χ2n) is 6.75. The van der Waals surface area contributed by atoms with Crippen LogP contribution in [0.2, 0.25) is 0 Å². The molecule has 1 saturated heterocycles. The van der Waals surface area contributed by atoms with Crippen LogP contribution in [0.15, 0.2) is 0 Å². The van der Waals surface area contributed by atoms with Gasteiger partial charge in [0.1, 0.15) is 0 Å². The van der Waals surface area contributed by atoms with Gasteiger partial charge in [0, 0.05) is 19.6 Å². The van der Waals surface area contributed by atoms with Crippen molar-refractivity contribution < 1.29 is 9.90 Å². The highest BCUT2D eigenvalue weighted by molar-refractivity contribution is 5.73. The molecule has 1 saturated carbocycles. The summed E-state index contributed by atoms with van der Waals surface area (Å²) in [6, 6.07) is 0. The number of hydrogen-bond acceptors (Lipinski definition) is 2. The highest BCUT2D eigenvalue weighted by Gasteiger charge is 2.44. The van der Waals surface area contributed by atoms with Crippen LogP contribution in [0.4, 0.5) is 0 Å². The smallest absolute Gasteiger partial charge is 0.310 e. The lowest BCUT2D eigenvalue weighted by Crippen LogP contribution is -2.58. The molecule has 17 heavy (non-hydrogen) atoms. The fourth-order valence-corrected chi connectivity index (χ4v) is 3.44. The Hall–Kier alpha value is -0.570. The predicted octanol–water partition coefficient (Wildman–Crippen LogP) is 2.75. The minimum atomic E-state index is -0.681. The molecule has 0 aromatic carbocycles. The van der Waals surface area contributed by atoms with Crippen molar-refractivity contribution in [2.45, 2.75) is 52.4 Å². The first-order valence-corrected chi connectivity index (χ1v) is 6.89. The maximum Gasteiger partial charge on any atom is 0.310 e. The van der Waals surface area contributed by atoms with E-state index in [1.807, 2.05) is 13.8 Å².